The van der Waals surface area contributed by atoms with Crippen LogP contribution in [0.5, 0.6) is 0 Å². The van der Waals surface area contributed by atoms with Gasteiger partial charge in [-0.1, -0.05) is 0 Å². The second kappa shape index (κ2) is 6.38. The van der Waals surface area contributed by atoms with Gasteiger partial charge >= 0.3 is 0 Å². The third kappa shape index (κ3) is 3.44. The van der Waals surface area contributed by atoms with Crippen LogP contribution in [0.1, 0.15) is 17.0 Å². The number of aromatic nitrogens is 3. The third-order valence-electron chi connectivity index (χ3n) is 4.08. The van der Waals surface area contributed by atoms with Crippen LogP contribution in [0.25, 0.3) is 0 Å². The Kier molecular flexibility index (Phi) is 4.47. The molecule has 2 N–H and O–H groups in total. The maximum absolute atomic E-state index is 12.7. The van der Waals surface area contributed by atoms with Gasteiger partial charge in [0.25, 0.3) is 0 Å². The molecule has 2 aromatic heterocycles. The SMILES string of the molecule is Cc1n[nH]c(C)c1S(=O)(=O)N[C@@H]1COC[C@H]1Cc1ccncc1. The van der Waals surface area contributed by atoms with Gasteiger partial charge in [-0.15, -0.1) is 0 Å². The lowest BCUT2D eigenvalue weighted by atomic mass is 9.96. The van der Waals surface area contributed by atoms with E-state index in [1.807, 2.05) is 12.1 Å². The van der Waals surface area contributed by atoms with Gasteiger partial charge in [-0.3, -0.25) is 10.1 Å². The Balaban J connectivity index is 1.76. The van der Waals surface area contributed by atoms with E-state index in [2.05, 4.69) is 19.9 Å². The van der Waals surface area contributed by atoms with Gasteiger partial charge in [0.2, 0.25) is 10.0 Å². The highest BCUT2D eigenvalue weighted by atomic mass is 32.2. The van der Waals surface area contributed by atoms with Crippen LogP contribution in [0.3, 0.4) is 0 Å². The molecule has 2 atom stereocenters. The fourth-order valence-electron chi connectivity index (χ4n) is 2.95. The van der Waals surface area contributed by atoms with E-state index in [0.717, 1.165) is 12.0 Å². The molecule has 0 spiro atoms. The van der Waals surface area contributed by atoms with Crippen LogP contribution >= 0.6 is 0 Å². The summed E-state index contributed by atoms with van der Waals surface area (Å²) in [6, 6.07) is 3.63. The number of sulfonamides is 1. The van der Waals surface area contributed by atoms with Gasteiger partial charge in [0.1, 0.15) is 4.90 Å². The number of H-pyrrole nitrogens is 1. The van der Waals surface area contributed by atoms with Crippen molar-refractivity contribution >= 4 is 10.0 Å². The predicted molar refractivity (Wildman–Crippen MR) is 84.4 cm³/mol. The number of hydrogen-bond acceptors (Lipinski definition) is 5. The molecule has 0 amide bonds. The number of rotatable bonds is 5. The molecule has 1 aliphatic rings. The van der Waals surface area contributed by atoms with E-state index >= 15 is 0 Å². The first kappa shape index (κ1) is 16.1. The van der Waals surface area contributed by atoms with Gasteiger partial charge in [0, 0.05) is 18.3 Å². The van der Waals surface area contributed by atoms with Gasteiger partial charge in [-0.25, -0.2) is 13.1 Å². The van der Waals surface area contributed by atoms with Crippen LogP contribution in [0.2, 0.25) is 0 Å². The van der Waals surface area contributed by atoms with E-state index < -0.39 is 10.0 Å². The number of ether oxygens (including phenoxy) is 1. The number of nitrogens with one attached hydrogen (secondary N) is 2. The molecule has 3 heterocycles. The van der Waals surface area contributed by atoms with Crippen molar-refractivity contribution in [2.45, 2.75) is 31.2 Å². The summed E-state index contributed by atoms with van der Waals surface area (Å²) in [5.41, 5.74) is 2.13. The zero-order chi connectivity index (χ0) is 16.4. The summed E-state index contributed by atoms with van der Waals surface area (Å²) in [6.07, 6.45) is 4.23. The second-order valence-electron chi connectivity index (χ2n) is 5.85. The van der Waals surface area contributed by atoms with Crippen LogP contribution < -0.4 is 4.72 Å². The van der Waals surface area contributed by atoms with Crippen molar-refractivity contribution in [2.75, 3.05) is 13.2 Å². The first-order chi connectivity index (χ1) is 11.0. The minimum absolute atomic E-state index is 0.0969. The van der Waals surface area contributed by atoms with E-state index in [-0.39, 0.29) is 16.9 Å². The number of hydrogen-bond donors (Lipinski definition) is 2. The van der Waals surface area contributed by atoms with E-state index in [0.29, 0.717) is 24.6 Å². The minimum Gasteiger partial charge on any atom is -0.379 e. The number of aromatic amines is 1. The molecule has 0 saturated carbocycles. The number of pyridine rings is 1. The maximum atomic E-state index is 12.7. The molecule has 124 valence electrons. The quantitative estimate of drug-likeness (QED) is 0.847. The first-order valence-corrected chi connectivity index (χ1v) is 8.96. The lowest BCUT2D eigenvalue weighted by Gasteiger charge is -2.19. The van der Waals surface area contributed by atoms with E-state index in [1.54, 1.807) is 26.2 Å². The zero-order valence-electron chi connectivity index (χ0n) is 13.1. The highest BCUT2D eigenvalue weighted by molar-refractivity contribution is 7.89. The Morgan fingerprint density at radius 1 is 1.30 bits per heavy atom. The average molecular weight is 336 g/mol. The fourth-order valence-corrected chi connectivity index (χ4v) is 4.61. The summed E-state index contributed by atoms with van der Waals surface area (Å²) in [7, 11) is -3.62. The highest BCUT2D eigenvalue weighted by Crippen LogP contribution is 2.23. The van der Waals surface area contributed by atoms with Crippen molar-refractivity contribution in [3.05, 3.63) is 41.5 Å². The summed E-state index contributed by atoms with van der Waals surface area (Å²) in [4.78, 5) is 4.23. The molecule has 1 saturated heterocycles. The molecule has 0 radical (unpaired) electrons. The summed E-state index contributed by atoms with van der Waals surface area (Å²) in [6.45, 7) is 4.30. The topological polar surface area (TPSA) is 97.0 Å². The van der Waals surface area contributed by atoms with Crippen LogP contribution in [0, 0.1) is 19.8 Å². The van der Waals surface area contributed by atoms with E-state index in [9.17, 15) is 8.42 Å². The van der Waals surface area contributed by atoms with Crippen LogP contribution in [0.15, 0.2) is 29.4 Å². The molecule has 8 heteroatoms. The van der Waals surface area contributed by atoms with Gasteiger partial charge in [0.15, 0.2) is 0 Å². The summed E-state index contributed by atoms with van der Waals surface area (Å²) < 4.78 is 33.6. The predicted octanol–water partition coefficient (Wildman–Crippen LogP) is 0.958. The summed E-state index contributed by atoms with van der Waals surface area (Å²) in [5.74, 6) is 0.0969. The molecule has 0 aliphatic carbocycles. The Hall–Kier alpha value is -1.77. The first-order valence-electron chi connectivity index (χ1n) is 7.48. The van der Waals surface area contributed by atoms with E-state index in [4.69, 9.17) is 4.74 Å². The summed E-state index contributed by atoms with van der Waals surface area (Å²) in [5, 5.41) is 6.67. The van der Waals surface area contributed by atoms with Crippen molar-refractivity contribution in [1.29, 1.82) is 0 Å². The zero-order valence-corrected chi connectivity index (χ0v) is 13.9. The van der Waals surface area contributed by atoms with Gasteiger partial charge < -0.3 is 4.74 Å². The highest BCUT2D eigenvalue weighted by Gasteiger charge is 2.34. The standard InChI is InChI=1S/C15H20N4O3S/c1-10-15(11(2)18-17-10)23(20,21)19-14-9-22-8-13(14)7-12-3-5-16-6-4-12/h3-6,13-14,19H,7-9H2,1-2H3,(H,17,18)/t13-,14-/m1/s1. The average Bonchev–Trinajstić information content (AvgIpc) is 3.07. The van der Waals surface area contributed by atoms with Crippen LogP contribution in [0.4, 0.5) is 0 Å². The van der Waals surface area contributed by atoms with E-state index in [1.165, 1.54) is 0 Å². The third-order valence-corrected chi connectivity index (χ3v) is 5.83. The molecule has 3 rings (SSSR count). The van der Waals surface area contributed by atoms with Crippen molar-refractivity contribution in [2.24, 2.45) is 5.92 Å². The lowest BCUT2D eigenvalue weighted by Crippen LogP contribution is -2.40. The van der Waals surface area contributed by atoms with Crippen molar-refractivity contribution in [3.8, 4) is 0 Å². The maximum Gasteiger partial charge on any atom is 0.244 e. The molecule has 23 heavy (non-hydrogen) atoms. The molecular weight excluding hydrogens is 316 g/mol. The Morgan fingerprint density at radius 2 is 2.04 bits per heavy atom. The molecule has 0 bridgehead atoms. The largest absolute Gasteiger partial charge is 0.379 e. The Labute approximate surface area is 135 Å². The molecule has 2 aromatic rings. The minimum atomic E-state index is -3.62. The van der Waals surface area contributed by atoms with Gasteiger partial charge in [-0.05, 0) is 38.0 Å². The van der Waals surface area contributed by atoms with Gasteiger partial charge in [0.05, 0.1) is 30.6 Å². The van der Waals surface area contributed by atoms with Crippen LogP contribution in [-0.4, -0.2) is 42.9 Å². The summed E-state index contributed by atoms with van der Waals surface area (Å²) >= 11 is 0. The smallest absolute Gasteiger partial charge is 0.244 e. The molecule has 0 unspecified atom stereocenters. The Morgan fingerprint density at radius 3 is 2.70 bits per heavy atom. The lowest BCUT2D eigenvalue weighted by molar-refractivity contribution is 0.183. The van der Waals surface area contributed by atoms with Crippen LogP contribution in [-0.2, 0) is 21.2 Å². The Bertz CT molecular complexity index is 754. The number of nitrogens with zero attached hydrogens (tertiary/aromatic N) is 2. The molecule has 0 aromatic carbocycles. The normalized spacial score (nSPS) is 21.7. The fraction of sp³-hybridized carbons (Fsp3) is 0.467. The molecular formula is C15H20N4O3S. The van der Waals surface area contributed by atoms with Crippen molar-refractivity contribution in [1.82, 2.24) is 19.9 Å². The monoisotopic (exact) mass is 336 g/mol. The molecule has 1 fully saturated rings. The second-order valence-corrected chi connectivity index (χ2v) is 7.50. The molecule has 7 nitrogen and oxygen atoms in total. The van der Waals surface area contributed by atoms with Gasteiger partial charge in [-0.2, -0.15) is 5.10 Å². The van der Waals surface area contributed by atoms with Crippen molar-refractivity contribution in [3.63, 3.8) is 0 Å². The number of aryl methyl sites for hydroxylation is 2. The van der Waals surface area contributed by atoms with Crippen molar-refractivity contribution < 1.29 is 13.2 Å². The molecule has 1 aliphatic heterocycles.